The van der Waals surface area contributed by atoms with Crippen molar-refractivity contribution in [1.82, 2.24) is 0 Å². The summed E-state index contributed by atoms with van der Waals surface area (Å²) >= 11 is 0. The van der Waals surface area contributed by atoms with E-state index in [2.05, 4.69) is 18.7 Å². The van der Waals surface area contributed by atoms with Gasteiger partial charge in [0.2, 0.25) is 0 Å². The van der Waals surface area contributed by atoms with Crippen LogP contribution in [-0.2, 0) is 0 Å². The van der Waals surface area contributed by atoms with E-state index in [0.29, 0.717) is 13.0 Å². The summed E-state index contributed by atoms with van der Waals surface area (Å²) in [7, 11) is 0. The number of hydrogen-bond donors (Lipinski definition) is 1. The van der Waals surface area contributed by atoms with Crippen LogP contribution in [-0.4, -0.2) is 18.3 Å². The first-order chi connectivity index (χ1) is 9.33. The zero-order valence-electron chi connectivity index (χ0n) is 10.9. The van der Waals surface area contributed by atoms with Crippen LogP contribution in [0.2, 0.25) is 0 Å². The zero-order chi connectivity index (χ0) is 13.5. The molecule has 2 nitrogen and oxygen atoms in total. The van der Waals surface area contributed by atoms with Crippen molar-refractivity contribution in [1.29, 1.82) is 0 Å². The molecule has 0 bridgehead atoms. The predicted octanol–water partition coefficient (Wildman–Crippen LogP) is 3.76. The van der Waals surface area contributed by atoms with Crippen molar-refractivity contribution < 1.29 is 9.84 Å². The maximum atomic E-state index is 8.69. The quantitative estimate of drug-likeness (QED) is 0.795. The topological polar surface area (TPSA) is 29.5 Å². The Morgan fingerprint density at radius 1 is 0.947 bits per heavy atom. The maximum Gasteiger partial charge on any atom is 0.119 e. The Morgan fingerprint density at radius 3 is 2.05 bits per heavy atom. The van der Waals surface area contributed by atoms with Gasteiger partial charge in [0.1, 0.15) is 5.75 Å². The minimum absolute atomic E-state index is 0.160. The minimum Gasteiger partial charge on any atom is -0.494 e. The number of aliphatic hydroxyl groups is 1. The van der Waals surface area contributed by atoms with Crippen LogP contribution in [0, 0.1) is 0 Å². The van der Waals surface area contributed by atoms with Crippen LogP contribution in [0.3, 0.4) is 0 Å². The monoisotopic (exact) mass is 254 g/mol. The highest BCUT2D eigenvalue weighted by molar-refractivity contribution is 5.66. The molecule has 0 atom stereocenters. The lowest BCUT2D eigenvalue weighted by Crippen LogP contribution is -1.99. The molecule has 98 valence electrons. The van der Waals surface area contributed by atoms with Crippen molar-refractivity contribution in [3.05, 3.63) is 60.7 Å². The van der Waals surface area contributed by atoms with Crippen molar-refractivity contribution in [2.75, 3.05) is 13.2 Å². The number of ether oxygens (including phenoxy) is 1. The molecule has 0 spiro atoms. The minimum atomic E-state index is 0.160. The molecule has 0 unspecified atom stereocenters. The first-order valence-corrected chi connectivity index (χ1v) is 6.40. The van der Waals surface area contributed by atoms with Gasteiger partial charge in [0.05, 0.1) is 6.61 Å². The molecule has 2 aromatic rings. The van der Waals surface area contributed by atoms with E-state index in [0.717, 1.165) is 16.9 Å². The van der Waals surface area contributed by atoms with Crippen molar-refractivity contribution >= 4 is 6.08 Å². The summed E-state index contributed by atoms with van der Waals surface area (Å²) in [5, 5.41) is 8.69. The Bertz CT molecular complexity index is 512. The molecule has 19 heavy (non-hydrogen) atoms. The molecule has 0 saturated carbocycles. The van der Waals surface area contributed by atoms with Gasteiger partial charge in [0, 0.05) is 13.0 Å². The highest BCUT2D eigenvalue weighted by atomic mass is 16.5. The third kappa shape index (κ3) is 3.70. The fourth-order valence-electron chi connectivity index (χ4n) is 1.81. The summed E-state index contributed by atoms with van der Waals surface area (Å²) in [6.45, 7) is 4.45. The Labute approximate surface area is 114 Å². The van der Waals surface area contributed by atoms with Gasteiger partial charge >= 0.3 is 0 Å². The molecule has 0 aliphatic rings. The fraction of sp³-hybridized carbons (Fsp3) is 0.176. The van der Waals surface area contributed by atoms with E-state index in [-0.39, 0.29) is 6.61 Å². The van der Waals surface area contributed by atoms with Gasteiger partial charge in [-0.05, 0) is 28.8 Å². The normalized spacial score (nSPS) is 10.2. The lowest BCUT2D eigenvalue weighted by molar-refractivity contribution is 0.233. The maximum absolute atomic E-state index is 8.69. The first-order valence-electron chi connectivity index (χ1n) is 6.40. The SMILES string of the molecule is C=Cc1ccc(-c2ccc(OCCCO)cc2)cc1. The molecule has 1 N–H and O–H groups in total. The lowest BCUT2D eigenvalue weighted by Gasteiger charge is -2.07. The Hall–Kier alpha value is -2.06. The molecule has 0 aliphatic carbocycles. The van der Waals surface area contributed by atoms with Gasteiger partial charge in [-0.2, -0.15) is 0 Å². The van der Waals surface area contributed by atoms with Gasteiger partial charge in [0.15, 0.2) is 0 Å². The third-order valence-electron chi connectivity index (χ3n) is 2.91. The van der Waals surface area contributed by atoms with Gasteiger partial charge in [-0.3, -0.25) is 0 Å². The van der Waals surface area contributed by atoms with Crippen LogP contribution in [0.25, 0.3) is 17.2 Å². The van der Waals surface area contributed by atoms with E-state index >= 15 is 0 Å². The van der Waals surface area contributed by atoms with Gasteiger partial charge in [-0.15, -0.1) is 0 Å². The molecular formula is C17H18O2. The lowest BCUT2D eigenvalue weighted by atomic mass is 10.0. The van der Waals surface area contributed by atoms with Gasteiger partial charge in [-0.25, -0.2) is 0 Å². The van der Waals surface area contributed by atoms with Crippen LogP contribution in [0.1, 0.15) is 12.0 Å². The molecule has 2 aromatic carbocycles. The molecule has 0 aliphatic heterocycles. The van der Waals surface area contributed by atoms with E-state index in [1.165, 1.54) is 5.56 Å². The van der Waals surface area contributed by atoms with Crippen molar-refractivity contribution in [2.45, 2.75) is 6.42 Å². The second-order valence-electron chi connectivity index (χ2n) is 4.28. The Kier molecular flexibility index (Phi) is 4.76. The van der Waals surface area contributed by atoms with E-state index in [1.807, 2.05) is 42.5 Å². The van der Waals surface area contributed by atoms with Gasteiger partial charge in [0.25, 0.3) is 0 Å². The average Bonchev–Trinajstić information content (AvgIpc) is 2.48. The van der Waals surface area contributed by atoms with Crippen LogP contribution < -0.4 is 4.74 Å². The largest absolute Gasteiger partial charge is 0.494 e. The summed E-state index contributed by atoms with van der Waals surface area (Å²) in [6.07, 6.45) is 2.49. The molecule has 0 amide bonds. The summed E-state index contributed by atoms with van der Waals surface area (Å²) in [5.74, 6) is 0.833. The van der Waals surface area contributed by atoms with Gasteiger partial charge < -0.3 is 9.84 Å². The Balaban J connectivity index is 2.06. The second kappa shape index (κ2) is 6.76. The zero-order valence-corrected chi connectivity index (χ0v) is 10.9. The van der Waals surface area contributed by atoms with Crippen molar-refractivity contribution in [3.63, 3.8) is 0 Å². The highest BCUT2D eigenvalue weighted by Gasteiger charge is 1.99. The number of hydrogen-bond acceptors (Lipinski definition) is 2. The molecule has 0 aromatic heterocycles. The van der Waals surface area contributed by atoms with Crippen molar-refractivity contribution in [3.8, 4) is 16.9 Å². The summed E-state index contributed by atoms with van der Waals surface area (Å²) in [5.41, 5.74) is 3.45. The number of aliphatic hydroxyl groups excluding tert-OH is 1. The van der Waals surface area contributed by atoms with Crippen LogP contribution in [0.15, 0.2) is 55.1 Å². The standard InChI is InChI=1S/C17H18O2/c1-2-14-4-6-15(7-5-14)16-8-10-17(11-9-16)19-13-3-12-18/h2,4-11,18H,1,3,12-13H2. The third-order valence-corrected chi connectivity index (χ3v) is 2.91. The number of rotatable bonds is 6. The van der Waals surface area contributed by atoms with E-state index < -0.39 is 0 Å². The second-order valence-corrected chi connectivity index (χ2v) is 4.28. The highest BCUT2D eigenvalue weighted by Crippen LogP contribution is 2.23. The number of benzene rings is 2. The van der Waals surface area contributed by atoms with Gasteiger partial charge in [-0.1, -0.05) is 49.1 Å². The van der Waals surface area contributed by atoms with Crippen LogP contribution in [0.5, 0.6) is 5.75 Å². The smallest absolute Gasteiger partial charge is 0.119 e. The fourth-order valence-corrected chi connectivity index (χ4v) is 1.81. The first kappa shape index (κ1) is 13.4. The molecule has 2 rings (SSSR count). The molecule has 0 fully saturated rings. The van der Waals surface area contributed by atoms with E-state index in [9.17, 15) is 0 Å². The summed E-state index contributed by atoms with van der Waals surface area (Å²) in [6, 6.07) is 16.2. The summed E-state index contributed by atoms with van der Waals surface area (Å²) in [4.78, 5) is 0. The summed E-state index contributed by atoms with van der Waals surface area (Å²) < 4.78 is 5.50. The molecular weight excluding hydrogens is 236 g/mol. The van der Waals surface area contributed by atoms with E-state index in [4.69, 9.17) is 9.84 Å². The van der Waals surface area contributed by atoms with E-state index in [1.54, 1.807) is 0 Å². The molecule has 0 heterocycles. The molecule has 2 heteroatoms. The Morgan fingerprint density at radius 2 is 1.53 bits per heavy atom. The van der Waals surface area contributed by atoms with Crippen molar-refractivity contribution in [2.24, 2.45) is 0 Å². The molecule has 0 radical (unpaired) electrons. The average molecular weight is 254 g/mol. The van der Waals surface area contributed by atoms with Crippen LogP contribution >= 0.6 is 0 Å². The van der Waals surface area contributed by atoms with Crippen LogP contribution in [0.4, 0.5) is 0 Å². The predicted molar refractivity (Wildman–Crippen MR) is 79.2 cm³/mol. The molecule has 0 saturated heterocycles.